The maximum Gasteiger partial charge on any atom is 0.205 e. The van der Waals surface area contributed by atoms with Crippen molar-refractivity contribution in [1.82, 2.24) is 20.6 Å². The fraction of sp³-hybridized carbons (Fsp3) is 0.800. The third-order valence-electron chi connectivity index (χ3n) is 1.77. The molecule has 0 bridgehead atoms. The van der Waals surface area contributed by atoms with Crippen molar-refractivity contribution in [2.45, 2.75) is 18.3 Å². The van der Waals surface area contributed by atoms with Crippen LogP contribution < -0.4 is 0 Å². The highest BCUT2D eigenvalue weighted by atomic mass is 16.5. The van der Waals surface area contributed by atoms with Gasteiger partial charge >= 0.3 is 0 Å². The van der Waals surface area contributed by atoms with E-state index in [-0.39, 0.29) is 12.4 Å². The average molecular weight is 172 g/mol. The van der Waals surface area contributed by atoms with Crippen molar-refractivity contribution in [2.75, 3.05) is 6.61 Å². The second kappa shape index (κ2) is 2.77. The molecule has 2 heterocycles. The number of nitrogens with zero attached hydrogens (tertiary/aromatic N) is 3. The quantitative estimate of drug-likeness (QED) is 0.452. The maximum absolute atomic E-state index is 9.33. The molecule has 12 heavy (non-hydrogen) atoms. The van der Waals surface area contributed by atoms with Crippen LogP contribution in [0.5, 0.6) is 0 Å². The number of ether oxygens (including phenoxy) is 1. The number of H-pyrrole nitrogens is 1. The highest BCUT2D eigenvalue weighted by Crippen LogP contribution is 2.25. The summed E-state index contributed by atoms with van der Waals surface area (Å²) in [6, 6.07) is 0. The van der Waals surface area contributed by atoms with Crippen molar-refractivity contribution in [3.05, 3.63) is 5.82 Å². The highest BCUT2D eigenvalue weighted by molar-refractivity contribution is 4.95. The van der Waals surface area contributed by atoms with E-state index in [2.05, 4.69) is 20.6 Å². The summed E-state index contributed by atoms with van der Waals surface area (Å²) >= 11 is 0. The number of rotatable bonds is 1. The lowest BCUT2D eigenvalue weighted by molar-refractivity contribution is 0.0183. The van der Waals surface area contributed by atoms with Crippen LogP contribution in [0.3, 0.4) is 0 Å². The van der Waals surface area contributed by atoms with Crippen molar-refractivity contribution in [3.8, 4) is 0 Å². The molecule has 3 unspecified atom stereocenters. The molecule has 0 amide bonds. The number of aromatic nitrogens is 4. The van der Waals surface area contributed by atoms with Gasteiger partial charge in [-0.3, -0.25) is 0 Å². The summed E-state index contributed by atoms with van der Waals surface area (Å²) < 4.78 is 5.04. The summed E-state index contributed by atoms with van der Waals surface area (Å²) in [7, 11) is 0. The van der Waals surface area contributed by atoms with Gasteiger partial charge in [-0.25, -0.2) is 0 Å². The van der Waals surface area contributed by atoms with Gasteiger partial charge in [0.25, 0.3) is 0 Å². The van der Waals surface area contributed by atoms with Crippen molar-refractivity contribution in [2.24, 2.45) is 0 Å². The molecule has 3 N–H and O–H groups in total. The highest BCUT2D eigenvalue weighted by Gasteiger charge is 2.38. The summed E-state index contributed by atoms with van der Waals surface area (Å²) in [5.74, 6) is 0.263. The van der Waals surface area contributed by atoms with Crippen LogP contribution in [0, 0.1) is 0 Å². The Morgan fingerprint density at radius 1 is 1.50 bits per heavy atom. The summed E-state index contributed by atoms with van der Waals surface area (Å²) in [5.41, 5.74) is 0. The van der Waals surface area contributed by atoms with Gasteiger partial charge in [0.1, 0.15) is 18.3 Å². The monoisotopic (exact) mass is 172 g/mol. The number of hydrogen-bond acceptors (Lipinski definition) is 6. The third-order valence-corrected chi connectivity index (χ3v) is 1.77. The Hall–Kier alpha value is -1.05. The molecule has 7 nitrogen and oxygen atoms in total. The smallest absolute Gasteiger partial charge is 0.205 e. The van der Waals surface area contributed by atoms with Crippen LogP contribution >= 0.6 is 0 Å². The summed E-state index contributed by atoms with van der Waals surface area (Å²) in [4.78, 5) is 0. The normalized spacial score (nSPS) is 35.7. The molecular weight excluding hydrogens is 164 g/mol. The SMILES string of the molecule is OC1COC(c2nn[nH]n2)C1O. The summed E-state index contributed by atoms with van der Waals surface area (Å²) in [6.07, 6.45) is -2.50. The predicted molar refractivity (Wildman–Crippen MR) is 34.9 cm³/mol. The molecule has 0 saturated carbocycles. The number of aliphatic hydroxyl groups is 2. The second-order valence-corrected chi connectivity index (χ2v) is 2.58. The Balaban J connectivity index is 2.16. The third kappa shape index (κ3) is 1.07. The molecular formula is C5H8N4O3. The fourth-order valence-electron chi connectivity index (χ4n) is 1.12. The number of nitrogens with one attached hydrogen (secondary N) is 1. The zero-order valence-electron chi connectivity index (χ0n) is 6.08. The summed E-state index contributed by atoms with van der Waals surface area (Å²) in [5, 5.41) is 31.3. The molecule has 2 rings (SSSR count). The molecule has 0 aliphatic carbocycles. The molecule has 0 radical (unpaired) electrons. The number of aliphatic hydroxyl groups excluding tert-OH is 2. The predicted octanol–water partition coefficient (Wildman–Crippen LogP) is -2.01. The minimum atomic E-state index is -0.970. The van der Waals surface area contributed by atoms with Gasteiger partial charge in [0.2, 0.25) is 5.82 Å². The molecule has 0 spiro atoms. The first kappa shape index (κ1) is 7.59. The van der Waals surface area contributed by atoms with Crippen LogP contribution in [0.2, 0.25) is 0 Å². The van der Waals surface area contributed by atoms with Crippen LogP contribution in [-0.2, 0) is 4.74 Å². The lowest BCUT2D eigenvalue weighted by Gasteiger charge is -2.09. The topological polar surface area (TPSA) is 104 Å². The lowest BCUT2D eigenvalue weighted by Crippen LogP contribution is -2.25. The van der Waals surface area contributed by atoms with E-state index in [1.165, 1.54) is 0 Å². The fourth-order valence-corrected chi connectivity index (χ4v) is 1.12. The molecule has 1 saturated heterocycles. The molecule has 1 fully saturated rings. The Labute approximate surface area is 67.4 Å². The molecule has 7 heteroatoms. The van der Waals surface area contributed by atoms with Crippen LogP contribution in [0.25, 0.3) is 0 Å². The van der Waals surface area contributed by atoms with E-state index in [0.717, 1.165) is 0 Å². The Bertz CT molecular complexity index is 251. The Morgan fingerprint density at radius 3 is 2.83 bits per heavy atom. The van der Waals surface area contributed by atoms with E-state index in [0.29, 0.717) is 0 Å². The van der Waals surface area contributed by atoms with E-state index in [9.17, 15) is 5.11 Å². The molecule has 3 atom stereocenters. The van der Waals surface area contributed by atoms with Crippen molar-refractivity contribution < 1.29 is 14.9 Å². The number of hydrogen-bond donors (Lipinski definition) is 3. The van der Waals surface area contributed by atoms with Crippen LogP contribution in [0.1, 0.15) is 11.9 Å². The number of tetrazole rings is 1. The van der Waals surface area contributed by atoms with Gasteiger partial charge in [-0.1, -0.05) is 5.21 Å². The standard InChI is InChI=1S/C5H8N4O3/c10-2-1-12-4(3(2)11)5-6-8-9-7-5/h2-4,10-11H,1H2,(H,6,7,8,9). The van der Waals surface area contributed by atoms with Gasteiger partial charge in [-0.15, -0.1) is 10.2 Å². The van der Waals surface area contributed by atoms with Gasteiger partial charge in [0, 0.05) is 0 Å². The molecule has 66 valence electrons. The zero-order valence-corrected chi connectivity index (χ0v) is 6.08. The zero-order chi connectivity index (χ0) is 8.55. The first-order chi connectivity index (χ1) is 5.79. The second-order valence-electron chi connectivity index (χ2n) is 2.58. The Morgan fingerprint density at radius 2 is 2.33 bits per heavy atom. The maximum atomic E-state index is 9.33. The number of aromatic amines is 1. The van der Waals surface area contributed by atoms with Gasteiger partial charge < -0.3 is 14.9 Å². The Kier molecular flexibility index (Phi) is 1.75. The molecule has 1 aliphatic heterocycles. The minimum Gasteiger partial charge on any atom is -0.388 e. The lowest BCUT2D eigenvalue weighted by atomic mass is 10.1. The van der Waals surface area contributed by atoms with E-state index < -0.39 is 18.3 Å². The van der Waals surface area contributed by atoms with Crippen LogP contribution in [0.15, 0.2) is 0 Å². The van der Waals surface area contributed by atoms with E-state index in [1.54, 1.807) is 0 Å². The first-order valence-electron chi connectivity index (χ1n) is 3.50. The van der Waals surface area contributed by atoms with Crippen LogP contribution in [0.4, 0.5) is 0 Å². The van der Waals surface area contributed by atoms with E-state index in [4.69, 9.17) is 9.84 Å². The molecule has 1 aliphatic rings. The summed E-state index contributed by atoms with van der Waals surface area (Å²) in [6.45, 7) is 0.0976. The van der Waals surface area contributed by atoms with Crippen molar-refractivity contribution in [1.29, 1.82) is 0 Å². The van der Waals surface area contributed by atoms with Crippen molar-refractivity contribution in [3.63, 3.8) is 0 Å². The first-order valence-corrected chi connectivity index (χ1v) is 3.50. The molecule has 0 aromatic carbocycles. The minimum absolute atomic E-state index is 0.0976. The largest absolute Gasteiger partial charge is 0.388 e. The molecule has 1 aromatic rings. The molecule has 1 aromatic heterocycles. The van der Waals surface area contributed by atoms with Gasteiger partial charge in [0.15, 0.2) is 0 Å². The average Bonchev–Trinajstić information content (AvgIpc) is 2.64. The van der Waals surface area contributed by atoms with E-state index in [1.807, 2.05) is 0 Å². The van der Waals surface area contributed by atoms with E-state index >= 15 is 0 Å². The van der Waals surface area contributed by atoms with Crippen molar-refractivity contribution >= 4 is 0 Å². The van der Waals surface area contributed by atoms with Crippen LogP contribution in [-0.4, -0.2) is 49.7 Å². The van der Waals surface area contributed by atoms with Gasteiger partial charge in [-0.2, -0.15) is 5.21 Å². The van der Waals surface area contributed by atoms with Gasteiger partial charge in [-0.05, 0) is 0 Å². The van der Waals surface area contributed by atoms with Gasteiger partial charge in [0.05, 0.1) is 6.61 Å².